The van der Waals surface area contributed by atoms with Gasteiger partial charge < -0.3 is 9.30 Å². The zero-order valence-corrected chi connectivity index (χ0v) is 11.8. The summed E-state index contributed by atoms with van der Waals surface area (Å²) in [7, 11) is 1.71. The topological polar surface area (TPSA) is 27.1 Å². The van der Waals surface area contributed by atoms with Crippen molar-refractivity contribution in [3.63, 3.8) is 0 Å². The summed E-state index contributed by atoms with van der Waals surface area (Å²) in [6.45, 7) is 2.72. The Morgan fingerprint density at radius 1 is 1.05 bits per heavy atom. The maximum atomic E-state index is 5.30. The van der Waals surface area contributed by atoms with Gasteiger partial charge in [0.1, 0.15) is 12.4 Å². The lowest BCUT2D eigenvalue weighted by Crippen LogP contribution is -2.11. The number of fused-ring (bicyclic) bond motifs is 1. The Morgan fingerprint density at radius 2 is 1.75 bits per heavy atom. The summed E-state index contributed by atoms with van der Waals surface area (Å²) >= 11 is 0. The van der Waals surface area contributed by atoms with E-state index in [1.54, 1.807) is 7.11 Å². The molecule has 0 fully saturated rings. The molecule has 20 heavy (non-hydrogen) atoms. The highest BCUT2D eigenvalue weighted by Gasteiger charge is 2.16. The van der Waals surface area contributed by atoms with Crippen LogP contribution in [0.5, 0.6) is 0 Å². The lowest BCUT2D eigenvalue weighted by Gasteiger charge is -2.18. The molecule has 3 heteroatoms. The van der Waals surface area contributed by atoms with Crippen molar-refractivity contribution in [2.24, 2.45) is 0 Å². The molecular weight excluding hydrogens is 248 g/mol. The fourth-order valence-electron chi connectivity index (χ4n) is 2.64. The quantitative estimate of drug-likeness (QED) is 0.718. The molecular formula is C17H18N2O. The number of hydrogen-bond acceptors (Lipinski definition) is 2. The summed E-state index contributed by atoms with van der Waals surface area (Å²) in [6.07, 6.45) is 0. The minimum absolute atomic E-state index is 0.230. The van der Waals surface area contributed by atoms with Crippen LogP contribution in [0.4, 0.5) is 0 Å². The highest BCUT2D eigenvalue weighted by atomic mass is 16.5. The third-order valence-corrected chi connectivity index (χ3v) is 3.61. The SMILES string of the molecule is COCc1nc2ccccc2n1[C@H](C)c1ccccc1. The number of para-hydroxylation sites is 2. The second kappa shape index (κ2) is 5.47. The average molecular weight is 266 g/mol. The fourth-order valence-corrected chi connectivity index (χ4v) is 2.64. The van der Waals surface area contributed by atoms with E-state index in [0.717, 1.165) is 16.9 Å². The summed E-state index contributed by atoms with van der Waals surface area (Å²) in [6, 6.07) is 18.9. The van der Waals surface area contributed by atoms with Crippen molar-refractivity contribution < 1.29 is 4.74 Å². The predicted molar refractivity (Wildman–Crippen MR) is 80.7 cm³/mol. The van der Waals surface area contributed by atoms with Gasteiger partial charge in [-0.25, -0.2) is 4.98 Å². The molecule has 0 radical (unpaired) electrons. The smallest absolute Gasteiger partial charge is 0.136 e. The molecule has 0 aliphatic heterocycles. The van der Waals surface area contributed by atoms with Crippen LogP contribution in [0.25, 0.3) is 11.0 Å². The molecule has 1 heterocycles. The Labute approximate surface area is 118 Å². The Balaban J connectivity index is 2.15. The predicted octanol–water partition coefficient (Wildman–Crippen LogP) is 3.79. The monoisotopic (exact) mass is 266 g/mol. The average Bonchev–Trinajstić information content (AvgIpc) is 2.86. The van der Waals surface area contributed by atoms with Gasteiger partial charge in [0, 0.05) is 7.11 Å². The zero-order valence-electron chi connectivity index (χ0n) is 11.8. The molecule has 0 amide bonds. The van der Waals surface area contributed by atoms with Crippen LogP contribution in [0.1, 0.15) is 24.4 Å². The van der Waals surface area contributed by atoms with Gasteiger partial charge in [-0.3, -0.25) is 0 Å². The largest absolute Gasteiger partial charge is 0.377 e. The minimum atomic E-state index is 0.230. The van der Waals surface area contributed by atoms with Crippen LogP contribution in [0.2, 0.25) is 0 Å². The van der Waals surface area contributed by atoms with E-state index < -0.39 is 0 Å². The van der Waals surface area contributed by atoms with Crippen molar-refractivity contribution >= 4 is 11.0 Å². The van der Waals surface area contributed by atoms with E-state index in [1.807, 2.05) is 18.2 Å². The van der Waals surface area contributed by atoms with E-state index in [-0.39, 0.29) is 6.04 Å². The molecule has 3 aromatic rings. The van der Waals surface area contributed by atoms with Gasteiger partial charge in [-0.05, 0) is 24.6 Å². The van der Waals surface area contributed by atoms with E-state index in [0.29, 0.717) is 6.61 Å². The third kappa shape index (κ3) is 2.21. The zero-order chi connectivity index (χ0) is 13.9. The standard InChI is InChI=1S/C17H18N2O/c1-13(14-8-4-3-5-9-14)19-16-11-7-6-10-15(16)18-17(19)12-20-2/h3-11,13H,12H2,1-2H3/t13-/m1/s1. The first-order chi connectivity index (χ1) is 9.81. The van der Waals surface area contributed by atoms with Gasteiger partial charge >= 0.3 is 0 Å². The van der Waals surface area contributed by atoms with E-state index in [2.05, 4.69) is 52.9 Å². The fraction of sp³-hybridized carbons (Fsp3) is 0.235. The van der Waals surface area contributed by atoms with E-state index >= 15 is 0 Å². The molecule has 0 unspecified atom stereocenters. The highest BCUT2D eigenvalue weighted by Crippen LogP contribution is 2.26. The first-order valence-electron chi connectivity index (χ1n) is 6.81. The van der Waals surface area contributed by atoms with Gasteiger partial charge in [0.2, 0.25) is 0 Å². The number of ether oxygens (including phenoxy) is 1. The molecule has 0 N–H and O–H groups in total. The molecule has 0 saturated heterocycles. The molecule has 102 valence electrons. The van der Waals surface area contributed by atoms with E-state index in [1.165, 1.54) is 5.56 Å². The van der Waals surface area contributed by atoms with Gasteiger partial charge in [-0.1, -0.05) is 42.5 Å². The lowest BCUT2D eigenvalue weighted by molar-refractivity contribution is 0.174. The minimum Gasteiger partial charge on any atom is -0.377 e. The van der Waals surface area contributed by atoms with E-state index in [4.69, 9.17) is 4.74 Å². The first-order valence-corrected chi connectivity index (χ1v) is 6.81. The summed E-state index contributed by atoms with van der Waals surface area (Å²) in [5.74, 6) is 0.963. The lowest BCUT2D eigenvalue weighted by atomic mass is 10.1. The van der Waals surface area contributed by atoms with Gasteiger partial charge in [-0.15, -0.1) is 0 Å². The molecule has 0 bridgehead atoms. The normalized spacial score (nSPS) is 12.7. The molecule has 0 saturated carbocycles. The van der Waals surface area contributed by atoms with Gasteiger partial charge in [0.25, 0.3) is 0 Å². The van der Waals surface area contributed by atoms with Crippen LogP contribution < -0.4 is 0 Å². The number of hydrogen-bond donors (Lipinski definition) is 0. The van der Waals surface area contributed by atoms with Crippen LogP contribution in [-0.2, 0) is 11.3 Å². The molecule has 2 aromatic carbocycles. The van der Waals surface area contributed by atoms with Crippen LogP contribution in [-0.4, -0.2) is 16.7 Å². The Bertz CT molecular complexity index is 703. The number of nitrogens with zero attached hydrogens (tertiary/aromatic N) is 2. The van der Waals surface area contributed by atoms with Crippen molar-refractivity contribution in [3.05, 3.63) is 66.0 Å². The molecule has 0 aliphatic carbocycles. The second-order valence-corrected chi connectivity index (χ2v) is 4.91. The summed E-state index contributed by atoms with van der Waals surface area (Å²) in [5.41, 5.74) is 3.44. The molecule has 3 nitrogen and oxygen atoms in total. The second-order valence-electron chi connectivity index (χ2n) is 4.91. The van der Waals surface area contributed by atoms with Crippen molar-refractivity contribution in [1.82, 2.24) is 9.55 Å². The van der Waals surface area contributed by atoms with Crippen molar-refractivity contribution in [2.75, 3.05) is 7.11 Å². The van der Waals surface area contributed by atoms with Crippen LogP contribution >= 0.6 is 0 Å². The van der Waals surface area contributed by atoms with Crippen LogP contribution in [0.15, 0.2) is 54.6 Å². The van der Waals surface area contributed by atoms with Crippen molar-refractivity contribution in [2.45, 2.75) is 19.6 Å². The van der Waals surface area contributed by atoms with Gasteiger partial charge in [0.05, 0.1) is 17.1 Å². The summed E-state index contributed by atoms with van der Waals surface area (Å²) in [4.78, 5) is 4.69. The number of methoxy groups -OCH3 is 1. The number of benzene rings is 2. The first kappa shape index (κ1) is 12.9. The Hall–Kier alpha value is -2.13. The van der Waals surface area contributed by atoms with Gasteiger partial charge in [0.15, 0.2) is 0 Å². The van der Waals surface area contributed by atoms with E-state index in [9.17, 15) is 0 Å². The van der Waals surface area contributed by atoms with Crippen molar-refractivity contribution in [1.29, 1.82) is 0 Å². The molecule has 1 aromatic heterocycles. The number of aromatic nitrogens is 2. The van der Waals surface area contributed by atoms with Crippen LogP contribution in [0.3, 0.4) is 0 Å². The van der Waals surface area contributed by atoms with Crippen LogP contribution in [0, 0.1) is 0 Å². The maximum absolute atomic E-state index is 5.30. The summed E-state index contributed by atoms with van der Waals surface area (Å²) in [5, 5.41) is 0. The maximum Gasteiger partial charge on any atom is 0.136 e. The third-order valence-electron chi connectivity index (χ3n) is 3.61. The van der Waals surface area contributed by atoms with Crippen molar-refractivity contribution in [3.8, 4) is 0 Å². The van der Waals surface area contributed by atoms with Gasteiger partial charge in [-0.2, -0.15) is 0 Å². The molecule has 3 rings (SSSR count). The Morgan fingerprint density at radius 3 is 2.50 bits per heavy atom. The number of imidazole rings is 1. The Kier molecular flexibility index (Phi) is 3.52. The number of rotatable bonds is 4. The highest BCUT2D eigenvalue weighted by molar-refractivity contribution is 5.76. The molecule has 1 atom stereocenters. The summed E-state index contributed by atoms with van der Waals surface area (Å²) < 4.78 is 7.56. The molecule has 0 aliphatic rings. The molecule has 0 spiro atoms.